The Balaban J connectivity index is 3.40. The maximum Gasteiger partial charge on any atom is 0.330 e. The topological polar surface area (TPSA) is 71.1 Å². The molecule has 18 heavy (non-hydrogen) atoms. The Hall–Kier alpha value is -1.40. The zero-order valence-electron chi connectivity index (χ0n) is 10.8. The Bertz CT molecular complexity index is 263. The molecule has 0 aliphatic carbocycles. The summed E-state index contributed by atoms with van der Waals surface area (Å²) in [5, 5.41) is 0. The van der Waals surface area contributed by atoms with Crippen LogP contribution in [-0.4, -0.2) is 44.7 Å². The van der Waals surface area contributed by atoms with Crippen LogP contribution in [0.4, 0.5) is 0 Å². The molecule has 6 heteroatoms. The maximum atomic E-state index is 11.2. The Labute approximate surface area is 107 Å². The first-order valence-corrected chi connectivity index (χ1v) is 5.78. The standard InChI is InChI=1S/C12H20O6/c1-4-11(13)17-9-8-15-7-6-12(14)18-10(3)16-5-2/h4,10H,1,5-9H2,2-3H3. The molecule has 0 amide bonds. The molecule has 0 spiro atoms. The van der Waals surface area contributed by atoms with Gasteiger partial charge >= 0.3 is 11.9 Å². The van der Waals surface area contributed by atoms with E-state index in [-0.39, 0.29) is 32.2 Å². The van der Waals surface area contributed by atoms with Crippen molar-refractivity contribution in [3.8, 4) is 0 Å². The van der Waals surface area contributed by atoms with Crippen LogP contribution < -0.4 is 0 Å². The van der Waals surface area contributed by atoms with E-state index < -0.39 is 12.3 Å². The van der Waals surface area contributed by atoms with Crippen molar-refractivity contribution in [3.63, 3.8) is 0 Å². The van der Waals surface area contributed by atoms with Crippen LogP contribution in [0.1, 0.15) is 20.3 Å². The van der Waals surface area contributed by atoms with Crippen molar-refractivity contribution in [1.82, 2.24) is 0 Å². The molecule has 0 bridgehead atoms. The molecule has 0 aliphatic heterocycles. The van der Waals surface area contributed by atoms with Crippen LogP contribution in [-0.2, 0) is 28.5 Å². The molecule has 0 rings (SSSR count). The number of carbonyl (C=O) groups excluding carboxylic acids is 2. The summed E-state index contributed by atoms with van der Waals surface area (Å²) < 4.78 is 19.7. The largest absolute Gasteiger partial charge is 0.460 e. The molecule has 6 nitrogen and oxygen atoms in total. The lowest BCUT2D eigenvalue weighted by atomic mass is 10.4. The molecule has 0 saturated carbocycles. The lowest BCUT2D eigenvalue weighted by molar-refractivity contribution is -0.175. The molecular formula is C12H20O6. The van der Waals surface area contributed by atoms with E-state index in [9.17, 15) is 9.59 Å². The van der Waals surface area contributed by atoms with Crippen molar-refractivity contribution in [2.75, 3.05) is 26.4 Å². The van der Waals surface area contributed by atoms with Gasteiger partial charge in [-0.25, -0.2) is 4.79 Å². The van der Waals surface area contributed by atoms with E-state index in [4.69, 9.17) is 14.2 Å². The van der Waals surface area contributed by atoms with E-state index in [0.717, 1.165) is 6.08 Å². The normalized spacial score (nSPS) is 11.7. The minimum Gasteiger partial charge on any atom is -0.460 e. The second-order valence-corrected chi connectivity index (χ2v) is 3.25. The SMILES string of the molecule is C=CC(=O)OCCOCCC(=O)OC(C)OCC. The fourth-order valence-corrected chi connectivity index (χ4v) is 1.03. The number of hydrogen-bond acceptors (Lipinski definition) is 6. The van der Waals surface area contributed by atoms with E-state index in [1.165, 1.54) is 0 Å². The second kappa shape index (κ2) is 10.7. The van der Waals surface area contributed by atoms with E-state index in [0.29, 0.717) is 6.61 Å². The van der Waals surface area contributed by atoms with E-state index in [1.54, 1.807) is 6.92 Å². The summed E-state index contributed by atoms with van der Waals surface area (Å²) in [5.74, 6) is -0.886. The molecule has 0 aliphatic rings. The van der Waals surface area contributed by atoms with Crippen LogP contribution in [0.15, 0.2) is 12.7 Å². The Morgan fingerprint density at radius 1 is 1.28 bits per heavy atom. The minimum atomic E-state index is -0.545. The molecular weight excluding hydrogens is 240 g/mol. The highest BCUT2D eigenvalue weighted by Crippen LogP contribution is 1.97. The highest BCUT2D eigenvalue weighted by Gasteiger charge is 2.08. The van der Waals surface area contributed by atoms with Crippen LogP contribution in [0.2, 0.25) is 0 Å². The lowest BCUT2D eigenvalue weighted by Gasteiger charge is -2.12. The molecule has 0 radical (unpaired) electrons. The predicted molar refractivity (Wildman–Crippen MR) is 63.8 cm³/mol. The quantitative estimate of drug-likeness (QED) is 0.253. The fraction of sp³-hybridized carbons (Fsp3) is 0.667. The van der Waals surface area contributed by atoms with Crippen molar-refractivity contribution >= 4 is 11.9 Å². The molecule has 1 unspecified atom stereocenters. The van der Waals surface area contributed by atoms with Crippen molar-refractivity contribution in [3.05, 3.63) is 12.7 Å². The zero-order valence-corrected chi connectivity index (χ0v) is 10.8. The summed E-state index contributed by atoms with van der Waals surface area (Å²) in [6, 6.07) is 0. The van der Waals surface area contributed by atoms with E-state index >= 15 is 0 Å². The van der Waals surface area contributed by atoms with Crippen LogP contribution in [0, 0.1) is 0 Å². The van der Waals surface area contributed by atoms with Crippen LogP contribution in [0.5, 0.6) is 0 Å². The van der Waals surface area contributed by atoms with Crippen LogP contribution in [0.3, 0.4) is 0 Å². The van der Waals surface area contributed by atoms with Gasteiger partial charge in [0.2, 0.25) is 0 Å². The number of carbonyl (C=O) groups is 2. The summed E-state index contributed by atoms with van der Waals surface area (Å²) in [6.45, 7) is 7.78. The highest BCUT2D eigenvalue weighted by molar-refractivity contribution is 5.81. The van der Waals surface area contributed by atoms with Gasteiger partial charge < -0.3 is 18.9 Å². The summed E-state index contributed by atoms with van der Waals surface area (Å²) in [4.78, 5) is 21.9. The third-order valence-electron chi connectivity index (χ3n) is 1.79. The Morgan fingerprint density at radius 2 is 2.00 bits per heavy atom. The molecule has 0 saturated heterocycles. The Morgan fingerprint density at radius 3 is 2.61 bits per heavy atom. The Kier molecular flexibility index (Phi) is 9.90. The number of esters is 2. The molecule has 0 aromatic carbocycles. The van der Waals surface area contributed by atoms with Crippen molar-refractivity contribution in [2.24, 2.45) is 0 Å². The molecule has 0 aromatic rings. The number of rotatable bonds is 10. The predicted octanol–water partition coefficient (Wildman–Crippen LogP) is 1.05. The van der Waals surface area contributed by atoms with Gasteiger partial charge in [0.15, 0.2) is 6.29 Å². The van der Waals surface area contributed by atoms with Crippen LogP contribution in [0.25, 0.3) is 0 Å². The first-order chi connectivity index (χ1) is 8.60. The van der Waals surface area contributed by atoms with Gasteiger partial charge in [0, 0.05) is 12.7 Å². The van der Waals surface area contributed by atoms with Gasteiger partial charge in [-0.3, -0.25) is 4.79 Å². The van der Waals surface area contributed by atoms with Gasteiger partial charge in [0.1, 0.15) is 6.61 Å². The summed E-state index contributed by atoms with van der Waals surface area (Å²) in [6.07, 6.45) is 0.662. The fourth-order valence-electron chi connectivity index (χ4n) is 1.03. The van der Waals surface area contributed by atoms with E-state index in [1.807, 2.05) is 6.92 Å². The second-order valence-electron chi connectivity index (χ2n) is 3.25. The van der Waals surface area contributed by atoms with Crippen LogP contribution >= 0.6 is 0 Å². The summed E-state index contributed by atoms with van der Waals surface area (Å²) >= 11 is 0. The van der Waals surface area contributed by atoms with Crippen molar-refractivity contribution < 1.29 is 28.5 Å². The molecule has 1 atom stereocenters. The first-order valence-electron chi connectivity index (χ1n) is 5.78. The van der Waals surface area contributed by atoms with Gasteiger partial charge in [-0.05, 0) is 13.8 Å². The van der Waals surface area contributed by atoms with Gasteiger partial charge in [-0.1, -0.05) is 6.58 Å². The van der Waals surface area contributed by atoms with Gasteiger partial charge in [-0.15, -0.1) is 0 Å². The highest BCUT2D eigenvalue weighted by atomic mass is 16.7. The average Bonchev–Trinajstić information content (AvgIpc) is 2.33. The third-order valence-corrected chi connectivity index (χ3v) is 1.79. The number of hydrogen-bond donors (Lipinski definition) is 0. The molecule has 104 valence electrons. The van der Waals surface area contributed by atoms with Gasteiger partial charge in [-0.2, -0.15) is 0 Å². The molecule has 0 N–H and O–H groups in total. The molecule has 0 heterocycles. The lowest BCUT2D eigenvalue weighted by Crippen LogP contribution is -2.19. The third kappa shape index (κ3) is 9.80. The average molecular weight is 260 g/mol. The van der Waals surface area contributed by atoms with Gasteiger partial charge in [0.25, 0.3) is 0 Å². The first kappa shape index (κ1) is 16.6. The summed E-state index contributed by atoms with van der Waals surface area (Å²) in [7, 11) is 0. The van der Waals surface area contributed by atoms with E-state index in [2.05, 4.69) is 11.3 Å². The summed E-state index contributed by atoms with van der Waals surface area (Å²) in [5.41, 5.74) is 0. The van der Waals surface area contributed by atoms with Crippen molar-refractivity contribution in [2.45, 2.75) is 26.6 Å². The monoisotopic (exact) mass is 260 g/mol. The minimum absolute atomic E-state index is 0.132. The maximum absolute atomic E-state index is 11.2. The zero-order chi connectivity index (χ0) is 13.8. The smallest absolute Gasteiger partial charge is 0.330 e. The van der Waals surface area contributed by atoms with Crippen molar-refractivity contribution in [1.29, 1.82) is 0 Å². The van der Waals surface area contributed by atoms with Gasteiger partial charge in [0.05, 0.1) is 19.6 Å². The molecule has 0 fully saturated rings. The molecule has 0 aromatic heterocycles. The number of ether oxygens (including phenoxy) is 4.